The number of carbonyl (C=O) groups excluding carboxylic acids is 1. The molecule has 0 aliphatic carbocycles. The van der Waals surface area contributed by atoms with Crippen LogP contribution >= 0.6 is 15.9 Å². The van der Waals surface area contributed by atoms with Gasteiger partial charge >= 0.3 is 6.09 Å². The second-order valence-corrected chi connectivity index (χ2v) is 8.99. The minimum atomic E-state index is -0.458. The molecule has 0 aromatic heterocycles. The Morgan fingerprint density at radius 1 is 1.28 bits per heavy atom. The van der Waals surface area contributed by atoms with Gasteiger partial charge in [0.05, 0.1) is 11.4 Å². The van der Waals surface area contributed by atoms with Crippen LogP contribution in [-0.2, 0) is 4.74 Å². The van der Waals surface area contributed by atoms with E-state index in [2.05, 4.69) is 42.8 Å². The van der Waals surface area contributed by atoms with E-state index < -0.39 is 5.60 Å². The van der Waals surface area contributed by atoms with E-state index in [-0.39, 0.29) is 6.09 Å². The summed E-state index contributed by atoms with van der Waals surface area (Å²) in [5.74, 6) is 0.953. The van der Waals surface area contributed by atoms with Gasteiger partial charge in [-0.3, -0.25) is 0 Å². The maximum atomic E-state index is 12.2. The molecule has 2 rings (SSSR count). The predicted molar refractivity (Wildman–Crippen MR) is 123 cm³/mol. The summed E-state index contributed by atoms with van der Waals surface area (Å²) in [5.41, 5.74) is 1.63. The highest BCUT2D eigenvalue weighted by atomic mass is 79.9. The van der Waals surface area contributed by atoms with Crippen LogP contribution < -0.4 is 20.9 Å². The molecule has 0 spiro atoms. The Balaban J connectivity index is 1.97. The average Bonchev–Trinajstić information content (AvgIpc) is 2.67. The Morgan fingerprint density at radius 3 is 2.48 bits per heavy atom. The largest absolute Gasteiger partial charge is 0.444 e. The number of benzene rings is 1. The third-order valence-corrected chi connectivity index (χ3v) is 5.48. The molecule has 0 radical (unpaired) electrons. The minimum Gasteiger partial charge on any atom is -0.444 e. The number of likely N-dealkylation sites (tertiary alicyclic amines) is 1. The van der Waals surface area contributed by atoms with E-state index in [1.165, 1.54) is 0 Å². The van der Waals surface area contributed by atoms with Gasteiger partial charge in [-0.05, 0) is 61.7 Å². The number of piperidine rings is 1. The first kappa shape index (κ1) is 23.2. The van der Waals surface area contributed by atoms with Crippen LogP contribution in [0.4, 0.5) is 16.2 Å². The van der Waals surface area contributed by atoms with E-state index in [0.717, 1.165) is 34.5 Å². The van der Waals surface area contributed by atoms with Crippen molar-refractivity contribution in [2.75, 3.05) is 44.4 Å². The molecule has 1 aromatic carbocycles. The fraction of sp³-hybridized carbons (Fsp3) is 0.571. The molecular weight excluding hydrogens is 434 g/mol. The standard InChI is InChI=1S/C21H34BrN5O2/c1-21(2,3)29-20(28)27-12-10-15(11-13-27)25-14-18(23-4)26(6)17-9-7-8-16(22)19(17)24-5/h7-9,14-15,23-25H,10-13H2,1-6H3/b18-14+. The van der Waals surface area contributed by atoms with Crippen molar-refractivity contribution in [3.05, 3.63) is 34.7 Å². The lowest BCUT2D eigenvalue weighted by molar-refractivity contribution is 0.0201. The van der Waals surface area contributed by atoms with Crippen molar-refractivity contribution in [3.63, 3.8) is 0 Å². The first-order chi connectivity index (χ1) is 13.7. The van der Waals surface area contributed by atoms with Gasteiger partial charge in [-0.1, -0.05) is 6.07 Å². The number of nitrogens with zero attached hydrogens (tertiary/aromatic N) is 2. The molecule has 1 amide bonds. The normalized spacial score (nSPS) is 15.7. The third kappa shape index (κ3) is 6.45. The molecule has 0 unspecified atom stereocenters. The number of rotatable bonds is 6. The Morgan fingerprint density at radius 2 is 1.93 bits per heavy atom. The summed E-state index contributed by atoms with van der Waals surface area (Å²) < 4.78 is 6.48. The quantitative estimate of drug-likeness (QED) is 0.588. The van der Waals surface area contributed by atoms with Crippen LogP contribution in [0.25, 0.3) is 0 Å². The molecule has 1 heterocycles. The molecule has 0 atom stereocenters. The molecular formula is C21H34BrN5O2. The molecule has 1 aliphatic rings. The molecule has 1 aliphatic heterocycles. The number of anilines is 2. The highest BCUT2D eigenvalue weighted by Gasteiger charge is 2.26. The van der Waals surface area contributed by atoms with Crippen LogP contribution in [0.5, 0.6) is 0 Å². The topological polar surface area (TPSA) is 68.9 Å². The zero-order valence-electron chi connectivity index (χ0n) is 18.3. The summed E-state index contributed by atoms with van der Waals surface area (Å²) in [7, 11) is 5.85. The molecule has 29 heavy (non-hydrogen) atoms. The number of hydrogen-bond acceptors (Lipinski definition) is 6. The monoisotopic (exact) mass is 467 g/mol. The number of carbonyl (C=O) groups is 1. The Kier molecular flexibility index (Phi) is 8.07. The van der Waals surface area contributed by atoms with Crippen molar-refractivity contribution >= 4 is 33.4 Å². The van der Waals surface area contributed by atoms with Gasteiger partial charge in [-0.2, -0.15) is 0 Å². The van der Waals surface area contributed by atoms with Gasteiger partial charge in [0.25, 0.3) is 0 Å². The van der Waals surface area contributed by atoms with Crippen LogP contribution in [-0.4, -0.2) is 56.9 Å². The summed E-state index contributed by atoms with van der Waals surface area (Å²) >= 11 is 3.60. The van der Waals surface area contributed by atoms with Gasteiger partial charge < -0.3 is 30.5 Å². The lowest BCUT2D eigenvalue weighted by Gasteiger charge is -2.34. The highest BCUT2D eigenvalue weighted by molar-refractivity contribution is 9.10. The zero-order valence-corrected chi connectivity index (χ0v) is 19.9. The Labute approximate surface area is 183 Å². The van der Waals surface area contributed by atoms with Crippen LogP contribution in [0.3, 0.4) is 0 Å². The molecule has 0 saturated carbocycles. The van der Waals surface area contributed by atoms with Crippen LogP contribution in [0, 0.1) is 0 Å². The summed E-state index contributed by atoms with van der Waals surface area (Å²) in [6.07, 6.45) is 3.55. The van der Waals surface area contributed by atoms with Gasteiger partial charge in [0.15, 0.2) is 0 Å². The SMILES string of the molecule is CN/C(=C\NC1CCN(C(=O)OC(C)(C)C)CC1)N(C)c1cccc(Br)c1NC. The van der Waals surface area contributed by atoms with Crippen molar-refractivity contribution in [2.45, 2.75) is 45.3 Å². The lowest BCUT2D eigenvalue weighted by Crippen LogP contribution is -2.46. The highest BCUT2D eigenvalue weighted by Crippen LogP contribution is 2.33. The number of halogens is 1. The van der Waals surface area contributed by atoms with Crippen molar-refractivity contribution in [3.8, 4) is 0 Å². The molecule has 8 heteroatoms. The van der Waals surface area contributed by atoms with Crippen LogP contribution in [0.15, 0.2) is 34.7 Å². The van der Waals surface area contributed by atoms with E-state index in [1.54, 1.807) is 4.90 Å². The van der Waals surface area contributed by atoms with Gasteiger partial charge in [-0.25, -0.2) is 4.79 Å². The maximum absolute atomic E-state index is 12.2. The predicted octanol–water partition coefficient (Wildman–Crippen LogP) is 3.93. The molecule has 1 fully saturated rings. The Bertz CT molecular complexity index is 724. The molecule has 3 N–H and O–H groups in total. The van der Waals surface area contributed by atoms with Crippen LogP contribution in [0.1, 0.15) is 33.6 Å². The van der Waals surface area contributed by atoms with E-state index in [4.69, 9.17) is 4.74 Å². The van der Waals surface area contributed by atoms with Gasteiger partial charge in [0.1, 0.15) is 11.4 Å². The lowest BCUT2D eigenvalue weighted by atomic mass is 10.1. The van der Waals surface area contributed by atoms with Crippen molar-refractivity contribution < 1.29 is 9.53 Å². The Hall–Kier alpha value is -2.09. The van der Waals surface area contributed by atoms with E-state index >= 15 is 0 Å². The van der Waals surface area contributed by atoms with E-state index in [1.807, 2.05) is 60.2 Å². The molecule has 7 nitrogen and oxygen atoms in total. The molecule has 1 aromatic rings. The molecule has 0 bridgehead atoms. The average molecular weight is 468 g/mol. The van der Waals surface area contributed by atoms with Gasteiger partial charge in [0.2, 0.25) is 0 Å². The van der Waals surface area contributed by atoms with E-state index in [9.17, 15) is 4.79 Å². The zero-order chi connectivity index (χ0) is 21.6. The second-order valence-electron chi connectivity index (χ2n) is 8.13. The van der Waals surface area contributed by atoms with E-state index in [0.29, 0.717) is 19.1 Å². The van der Waals surface area contributed by atoms with Crippen molar-refractivity contribution in [1.29, 1.82) is 0 Å². The number of nitrogens with one attached hydrogen (secondary N) is 3. The summed E-state index contributed by atoms with van der Waals surface area (Å²) in [4.78, 5) is 16.1. The second kappa shape index (κ2) is 10.1. The van der Waals surface area contributed by atoms with Crippen molar-refractivity contribution in [1.82, 2.24) is 15.5 Å². The van der Waals surface area contributed by atoms with Gasteiger partial charge in [0, 0.05) is 50.9 Å². The number of para-hydroxylation sites is 1. The first-order valence-corrected chi connectivity index (χ1v) is 10.8. The van der Waals surface area contributed by atoms with Crippen LogP contribution in [0.2, 0.25) is 0 Å². The number of ether oxygens (including phenoxy) is 1. The summed E-state index contributed by atoms with van der Waals surface area (Å²) in [5, 5.41) is 10.0. The maximum Gasteiger partial charge on any atom is 0.410 e. The smallest absolute Gasteiger partial charge is 0.410 e. The minimum absolute atomic E-state index is 0.226. The fourth-order valence-corrected chi connectivity index (χ4v) is 3.81. The summed E-state index contributed by atoms with van der Waals surface area (Å²) in [6, 6.07) is 6.42. The number of hydrogen-bond donors (Lipinski definition) is 3. The van der Waals surface area contributed by atoms with Gasteiger partial charge in [-0.15, -0.1) is 0 Å². The third-order valence-electron chi connectivity index (χ3n) is 4.82. The first-order valence-electron chi connectivity index (χ1n) is 9.98. The molecule has 162 valence electrons. The summed E-state index contributed by atoms with van der Waals surface area (Å²) in [6.45, 7) is 7.07. The number of amides is 1. The fourth-order valence-electron chi connectivity index (χ4n) is 3.26. The molecule has 1 saturated heterocycles. The van der Waals surface area contributed by atoms with Crippen molar-refractivity contribution in [2.24, 2.45) is 0 Å².